The average Bonchev–Trinajstić information content (AvgIpc) is 3.23. The van der Waals surface area contributed by atoms with Crippen molar-refractivity contribution < 1.29 is 14.0 Å². The van der Waals surface area contributed by atoms with Gasteiger partial charge in [0.15, 0.2) is 0 Å². The third-order valence-corrected chi connectivity index (χ3v) is 4.69. The number of hydrogen-bond donors (Lipinski definition) is 1. The smallest absolute Gasteiger partial charge is 0.257 e. The van der Waals surface area contributed by atoms with Crippen molar-refractivity contribution in [3.8, 4) is 0 Å². The Morgan fingerprint density at radius 1 is 1.04 bits per heavy atom. The molecule has 2 aromatic heterocycles. The van der Waals surface area contributed by atoms with Crippen LogP contribution in [0.5, 0.6) is 0 Å². The molecule has 0 aliphatic carbocycles. The Balaban J connectivity index is 1.47. The minimum atomic E-state index is -0.0533. The van der Waals surface area contributed by atoms with E-state index in [9.17, 15) is 9.59 Å². The number of hydrogen-bond acceptors (Lipinski definition) is 4. The van der Waals surface area contributed by atoms with Crippen LogP contribution in [-0.4, -0.2) is 57.8 Å². The zero-order valence-corrected chi connectivity index (χ0v) is 14.6. The van der Waals surface area contributed by atoms with Gasteiger partial charge in [0.05, 0.1) is 22.9 Å². The highest BCUT2D eigenvalue weighted by atomic mass is 16.3. The molecule has 134 valence electrons. The van der Waals surface area contributed by atoms with E-state index in [0.717, 1.165) is 23.3 Å². The van der Waals surface area contributed by atoms with Crippen molar-refractivity contribution >= 4 is 22.8 Å². The van der Waals surface area contributed by atoms with Crippen LogP contribution < -0.4 is 0 Å². The van der Waals surface area contributed by atoms with Crippen molar-refractivity contribution in [1.82, 2.24) is 19.8 Å². The second kappa shape index (κ2) is 6.67. The standard InChI is InChI=1S/C19H20N4O3/c1-13-20-16-4-3-14(11-17(16)21-13)18(24)22-6-2-7-23(9-8-22)19(25)15-5-10-26-12-15/h3-5,10-12H,2,6-9H2,1H3,(H,20,21). The van der Waals surface area contributed by atoms with Gasteiger partial charge in [0.2, 0.25) is 0 Å². The molecule has 4 rings (SSSR count). The van der Waals surface area contributed by atoms with E-state index < -0.39 is 0 Å². The van der Waals surface area contributed by atoms with E-state index in [1.807, 2.05) is 30.0 Å². The number of benzene rings is 1. The molecule has 0 unspecified atom stereocenters. The number of nitrogens with zero attached hydrogens (tertiary/aromatic N) is 3. The van der Waals surface area contributed by atoms with E-state index in [1.165, 1.54) is 12.5 Å². The lowest BCUT2D eigenvalue weighted by Crippen LogP contribution is -2.37. The molecular formula is C19H20N4O3. The van der Waals surface area contributed by atoms with Crippen molar-refractivity contribution in [3.05, 3.63) is 53.7 Å². The molecular weight excluding hydrogens is 332 g/mol. The minimum Gasteiger partial charge on any atom is -0.472 e. The number of rotatable bonds is 2. The molecule has 1 aromatic carbocycles. The summed E-state index contributed by atoms with van der Waals surface area (Å²) in [4.78, 5) is 36.5. The summed E-state index contributed by atoms with van der Waals surface area (Å²) in [7, 11) is 0. The molecule has 0 spiro atoms. The van der Waals surface area contributed by atoms with Gasteiger partial charge in [-0.15, -0.1) is 0 Å². The Kier molecular flexibility index (Phi) is 4.20. The average molecular weight is 352 g/mol. The number of imidazole rings is 1. The van der Waals surface area contributed by atoms with Crippen molar-refractivity contribution in [2.24, 2.45) is 0 Å². The number of aryl methyl sites for hydroxylation is 1. The zero-order valence-electron chi connectivity index (χ0n) is 14.6. The predicted octanol–water partition coefficient (Wildman–Crippen LogP) is 2.45. The molecule has 0 saturated carbocycles. The van der Waals surface area contributed by atoms with Crippen molar-refractivity contribution in [2.75, 3.05) is 26.2 Å². The fourth-order valence-electron chi connectivity index (χ4n) is 3.35. The molecule has 2 amide bonds. The lowest BCUT2D eigenvalue weighted by Gasteiger charge is -2.22. The predicted molar refractivity (Wildman–Crippen MR) is 96.0 cm³/mol. The molecule has 1 aliphatic rings. The number of H-pyrrole nitrogens is 1. The Hall–Kier alpha value is -3.09. The molecule has 1 aliphatic heterocycles. The van der Waals surface area contributed by atoms with Gasteiger partial charge in [-0.3, -0.25) is 9.59 Å². The van der Waals surface area contributed by atoms with E-state index in [0.29, 0.717) is 37.3 Å². The highest BCUT2D eigenvalue weighted by molar-refractivity contribution is 5.97. The van der Waals surface area contributed by atoms with E-state index >= 15 is 0 Å². The summed E-state index contributed by atoms with van der Waals surface area (Å²) in [5.41, 5.74) is 2.90. The molecule has 7 heteroatoms. The number of carbonyl (C=O) groups excluding carboxylic acids is 2. The van der Waals surface area contributed by atoms with Gasteiger partial charge >= 0.3 is 0 Å². The summed E-state index contributed by atoms with van der Waals surface area (Å²) in [5.74, 6) is 0.756. The number of fused-ring (bicyclic) bond motifs is 1. The molecule has 1 N–H and O–H groups in total. The number of carbonyl (C=O) groups is 2. The van der Waals surface area contributed by atoms with Crippen LogP contribution in [0.25, 0.3) is 11.0 Å². The second-order valence-electron chi connectivity index (χ2n) is 6.50. The highest BCUT2D eigenvalue weighted by Crippen LogP contribution is 2.17. The number of aromatic nitrogens is 2. The first-order chi connectivity index (χ1) is 12.6. The van der Waals surface area contributed by atoms with Crippen molar-refractivity contribution in [2.45, 2.75) is 13.3 Å². The first-order valence-corrected chi connectivity index (χ1v) is 8.69. The molecule has 0 bridgehead atoms. The van der Waals surface area contributed by atoms with Crippen LogP contribution >= 0.6 is 0 Å². The van der Waals surface area contributed by atoms with Gasteiger partial charge in [0, 0.05) is 31.7 Å². The van der Waals surface area contributed by atoms with Crippen LogP contribution in [0.4, 0.5) is 0 Å². The Morgan fingerprint density at radius 2 is 1.77 bits per heavy atom. The zero-order chi connectivity index (χ0) is 18.1. The van der Waals surface area contributed by atoms with Crippen molar-refractivity contribution in [1.29, 1.82) is 0 Å². The fraction of sp³-hybridized carbons (Fsp3) is 0.316. The number of aromatic amines is 1. The summed E-state index contributed by atoms with van der Waals surface area (Å²) in [6.07, 6.45) is 3.70. The summed E-state index contributed by atoms with van der Waals surface area (Å²) >= 11 is 0. The van der Waals surface area contributed by atoms with Crippen LogP contribution in [0.2, 0.25) is 0 Å². The van der Waals surface area contributed by atoms with Gasteiger partial charge in [0.25, 0.3) is 11.8 Å². The van der Waals surface area contributed by atoms with Crippen molar-refractivity contribution in [3.63, 3.8) is 0 Å². The maximum absolute atomic E-state index is 12.9. The SMILES string of the molecule is Cc1nc2ccc(C(=O)N3CCCN(C(=O)c4ccoc4)CC3)cc2[nH]1. The Bertz CT molecular complexity index is 945. The summed E-state index contributed by atoms with van der Waals surface area (Å²) in [6, 6.07) is 7.18. The maximum Gasteiger partial charge on any atom is 0.257 e. The molecule has 1 saturated heterocycles. The monoisotopic (exact) mass is 352 g/mol. The maximum atomic E-state index is 12.9. The summed E-state index contributed by atoms with van der Waals surface area (Å²) in [5, 5.41) is 0. The lowest BCUT2D eigenvalue weighted by molar-refractivity contribution is 0.0718. The lowest BCUT2D eigenvalue weighted by atomic mass is 10.1. The van der Waals surface area contributed by atoms with E-state index in [1.54, 1.807) is 11.0 Å². The van der Waals surface area contributed by atoms with Gasteiger partial charge in [0.1, 0.15) is 12.1 Å². The van der Waals surface area contributed by atoms with Gasteiger partial charge in [-0.25, -0.2) is 4.98 Å². The molecule has 0 radical (unpaired) electrons. The van der Waals surface area contributed by atoms with E-state index in [4.69, 9.17) is 4.42 Å². The largest absolute Gasteiger partial charge is 0.472 e. The summed E-state index contributed by atoms with van der Waals surface area (Å²) in [6.45, 7) is 4.19. The van der Waals surface area contributed by atoms with Gasteiger partial charge in [-0.2, -0.15) is 0 Å². The normalized spacial score (nSPS) is 15.3. The number of nitrogens with one attached hydrogen (secondary N) is 1. The van der Waals surface area contributed by atoms with Crippen LogP contribution in [0, 0.1) is 6.92 Å². The highest BCUT2D eigenvalue weighted by Gasteiger charge is 2.24. The van der Waals surface area contributed by atoms with Crippen LogP contribution in [0.3, 0.4) is 0 Å². The number of amides is 2. The molecule has 0 atom stereocenters. The fourth-order valence-corrected chi connectivity index (χ4v) is 3.35. The Morgan fingerprint density at radius 3 is 2.46 bits per heavy atom. The molecule has 1 fully saturated rings. The Labute approximate surface area is 150 Å². The topological polar surface area (TPSA) is 82.4 Å². The van der Waals surface area contributed by atoms with Gasteiger partial charge < -0.3 is 19.2 Å². The van der Waals surface area contributed by atoms with E-state index in [2.05, 4.69) is 9.97 Å². The van der Waals surface area contributed by atoms with Crippen LogP contribution in [0.1, 0.15) is 33.0 Å². The second-order valence-corrected chi connectivity index (χ2v) is 6.50. The first kappa shape index (κ1) is 16.4. The van der Waals surface area contributed by atoms with Crippen LogP contribution in [-0.2, 0) is 0 Å². The molecule has 26 heavy (non-hydrogen) atoms. The van der Waals surface area contributed by atoms with Gasteiger partial charge in [-0.05, 0) is 37.6 Å². The van der Waals surface area contributed by atoms with Crippen LogP contribution in [0.15, 0.2) is 41.2 Å². The molecule has 3 aromatic rings. The molecule has 7 nitrogen and oxygen atoms in total. The third-order valence-electron chi connectivity index (χ3n) is 4.69. The minimum absolute atomic E-state index is 0.0169. The van der Waals surface area contributed by atoms with Gasteiger partial charge in [-0.1, -0.05) is 0 Å². The summed E-state index contributed by atoms with van der Waals surface area (Å²) < 4.78 is 4.99. The number of furan rings is 1. The first-order valence-electron chi connectivity index (χ1n) is 8.69. The third kappa shape index (κ3) is 3.08. The van der Waals surface area contributed by atoms with E-state index in [-0.39, 0.29) is 11.8 Å². The quantitative estimate of drug-likeness (QED) is 0.768. The molecule has 3 heterocycles.